The molecule has 1 unspecified atom stereocenters. The van der Waals surface area contributed by atoms with Crippen LogP contribution in [0, 0.1) is 5.92 Å². The molecule has 0 heterocycles. The lowest BCUT2D eigenvalue weighted by Crippen LogP contribution is -2.17. The maximum Gasteiger partial charge on any atom is 0.122 e. The third-order valence-corrected chi connectivity index (χ3v) is 4.15. The van der Waals surface area contributed by atoms with Crippen LogP contribution in [0.25, 0.3) is 0 Å². The lowest BCUT2D eigenvalue weighted by Gasteiger charge is -2.27. The summed E-state index contributed by atoms with van der Waals surface area (Å²) in [4.78, 5) is 0.592. The van der Waals surface area contributed by atoms with Crippen molar-refractivity contribution in [2.75, 3.05) is 7.11 Å². The van der Waals surface area contributed by atoms with Crippen LogP contribution >= 0.6 is 15.9 Å². The molecule has 1 saturated carbocycles. The minimum Gasteiger partial charge on any atom is -0.496 e. The Labute approximate surface area is 106 Å². The summed E-state index contributed by atoms with van der Waals surface area (Å²) >= 11 is 3.80. The van der Waals surface area contributed by atoms with Crippen LogP contribution in [-0.4, -0.2) is 11.9 Å². The summed E-state index contributed by atoms with van der Waals surface area (Å²) in [5.41, 5.74) is 1.31. The van der Waals surface area contributed by atoms with Crippen molar-refractivity contribution in [1.82, 2.24) is 0 Å². The molecule has 16 heavy (non-hydrogen) atoms. The molecule has 0 bridgehead atoms. The van der Waals surface area contributed by atoms with Gasteiger partial charge in [-0.05, 0) is 30.4 Å². The van der Waals surface area contributed by atoms with E-state index in [0.29, 0.717) is 4.83 Å². The van der Waals surface area contributed by atoms with Crippen LogP contribution in [0.3, 0.4) is 0 Å². The fourth-order valence-corrected chi connectivity index (χ4v) is 3.16. The molecule has 0 radical (unpaired) electrons. The Hall–Kier alpha value is -0.500. The van der Waals surface area contributed by atoms with Gasteiger partial charge in [0, 0.05) is 4.83 Å². The minimum atomic E-state index is 0.592. The third kappa shape index (κ3) is 3.00. The van der Waals surface area contributed by atoms with Crippen molar-refractivity contribution in [3.63, 3.8) is 0 Å². The maximum absolute atomic E-state index is 5.37. The normalized spacial score (nSPS) is 17.9. The van der Waals surface area contributed by atoms with Gasteiger partial charge in [-0.2, -0.15) is 0 Å². The number of alkyl halides is 1. The average molecular weight is 283 g/mol. The predicted molar refractivity (Wildman–Crippen MR) is 71.4 cm³/mol. The highest BCUT2D eigenvalue weighted by Crippen LogP contribution is 2.34. The molecule has 2 heteroatoms. The number of hydrogen-bond acceptors (Lipinski definition) is 1. The topological polar surface area (TPSA) is 9.23 Å². The predicted octanol–water partition coefficient (Wildman–Crippen LogP) is 4.19. The van der Waals surface area contributed by atoms with Crippen LogP contribution < -0.4 is 4.74 Å². The van der Waals surface area contributed by atoms with Gasteiger partial charge in [-0.1, -0.05) is 53.4 Å². The Morgan fingerprint density at radius 1 is 1.38 bits per heavy atom. The third-order valence-electron chi connectivity index (χ3n) is 3.45. The fourth-order valence-electron chi connectivity index (χ4n) is 2.28. The molecule has 1 aromatic rings. The summed E-state index contributed by atoms with van der Waals surface area (Å²) in [5, 5.41) is 0. The Morgan fingerprint density at radius 2 is 2.12 bits per heavy atom. The highest BCUT2D eigenvalue weighted by molar-refractivity contribution is 9.09. The standard InChI is InChI=1S/C14H19BrO/c1-16-14-8-3-2-7-12(14)10-13(15)9-11-5-4-6-11/h2-3,7-8,11,13H,4-6,9-10H2,1H3. The van der Waals surface area contributed by atoms with E-state index in [1.807, 2.05) is 12.1 Å². The van der Waals surface area contributed by atoms with Gasteiger partial charge < -0.3 is 4.74 Å². The second kappa shape index (κ2) is 5.72. The Bertz CT molecular complexity index is 333. The van der Waals surface area contributed by atoms with Gasteiger partial charge in [0.25, 0.3) is 0 Å². The molecule has 1 atom stereocenters. The van der Waals surface area contributed by atoms with E-state index in [4.69, 9.17) is 4.74 Å². The van der Waals surface area contributed by atoms with Crippen molar-refractivity contribution in [3.8, 4) is 5.75 Å². The zero-order chi connectivity index (χ0) is 11.4. The molecule has 1 aromatic carbocycles. The van der Waals surface area contributed by atoms with Gasteiger partial charge in [-0.25, -0.2) is 0 Å². The first-order valence-corrected chi connectivity index (χ1v) is 6.97. The number of ether oxygens (including phenoxy) is 1. The lowest BCUT2D eigenvalue weighted by atomic mass is 9.81. The smallest absolute Gasteiger partial charge is 0.122 e. The van der Waals surface area contributed by atoms with Crippen molar-refractivity contribution < 1.29 is 4.74 Å². The van der Waals surface area contributed by atoms with Gasteiger partial charge in [-0.15, -0.1) is 0 Å². The van der Waals surface area contributed by atoms with E-state index in [1.54, 1.807) is 7.11 Å². The van der Waals surface area contributed by atoms with Gasteiger partial charge >= 0.3 is 0 Å². The van der Waals surface area contributed by atoms with E-state index in [9.17, 15) is 0 Å². The number of methoxy groups -OCH3 is 1. The molecule has 0 saturated heterocycles. The average Bonchev–Trinajstić information content (AvgIpc) is 2.24. The fraction of sp³-hybridized carbons (Fsp3) is 0.571. The Balaban J connectivity index is 1.91. The van der Waals surface area contributed by atoms with Gasteiger partial charge in [0.05, 0.1) is 7.11 Å². The molecule has 1 aliphatic rings. The largest absolute Gasteiger partial charge is 0.496 e. The minimum absolute atomic E-state index is 0.592. The Morgan fingerprint density at radius 3 is 2.75 bits per heavy atom. The number of benzene rings is 1. The zero-order valence-corrected chi connectivity index (χ0v) is 11.4. The van der Waals surface area contributed by atoms with Gasteiger partial charge in [0.2, 0.25) is 0 Å². The van der Waals surface area contributed by atoms with Crippen molar-refractivity contribution in [3.05, 3.63) is 29.8 Å². The first-order chi connectivity index (χ1) is 7.79. The second-order valence-electron chi connectivity index (χ2n) is 4.65. The van der Waals surface area contributed by atoms with Gasteiger partial charge in [0.15, 0.2) is 0 Å². The molecule has 0 amide bonds. The molecule has 1 fully saturated rings. The van der Waals surface area contributed by atoms with Crippen molar-refractivity contribution in [2.45, 2.75) is 36.9 Å². The molecule has 1 nitrogen and oxygen atoms in total. The van der Waals surface area contributed by atoms with E-state index in [-0.39, 0.29) is 0 Å². The number of para-hydroxylation sites is 1. The SMILES string of the molecule is COc1ccccc1CC(Br)CC1CCC1. The van der Waals surface area contributed by atoms with Crippen molar-refractivity contribution in [2.24, 2.45) is 5.92 Å². The maximum atomic E-state index is 5.37. The highest BCUT2D eigenvalue weighted by Gasteiger charge is 2.21. The summed E-state index contributed by atoms with van der Waals surface area (Å²) in [6.45, 7) is 0. The van der Waals surface area contributed by atoms with Crippen LogP contribution in [-0.2, 0) is 6.42 Å². The molecule has 0 aromatic heterocycles. The van der Waals surface area contributed by atoms with Gasteiger partial charge in [0.1, 0.15) is 5.75 Å². The molecule has 88 valence electrons. The summed E-state index contributed by atoms with van der Waals surface area (Å²) < 4.78 is 5.37. The van der Waals surface area contributed by atoms with Gasteiger partial charge in [-0.3, -0.25) is 0 Å². The summed E-state index contributed by atoms with van der Waals surface area (Å²) in [5.74, 6) is 1.97. The molecule has 0 N–H and O–H groups in total. The van der Waals surface area contributed by atoms with Crippen LogP contribution in [0.4, 0.5) is 0 Å². The summed E-state index contributed by atoms with van der Waals surface area (Å²) in [7, 11) is 1.74. The van der Waals surface area contributed by atoms with E-state index in [0.717, 1.165) is 18.1 Å². The molecule has 0 spiro atoms. The second-order valence-corrected chi connectivity index (χ2v) is 5.94. The van der Waals surface area contributed by atoms with Crippen LogP contribution in [0.2, 0.25) is 0 Å². The number of rotatable bonds is 5. The van der Waals surface area contributed by atoms with Crippen LogP contribution in [0.1, 0.15) is 31.2 Å². The van der Waals surface area contributed by atoms with E-state index < -0.39 is 0 Å². The molecular formula is C14H19BrO. The number of hydrogen-bond donors (Lipinski definition) is 0. The molecule has 1 aliphatic carbocycles. The van der Waals surface area contributed by atoms with Crippen LogP contribution in [0.5, 0.6) is 5.75 Å². The molecular weight excluding hydrogens is 264 g/mol. The Kier molecular flexibility index (Phi) is 4.28. The van der Waals surface area contributed by atoms with Crippen molar-refractivity contribution >= 4 is 15.9 Å². The van der Waals surface area contributed by atoms with E-state index in [2.05, 4.69) is 28.1 Å². The molecule has 0 aliphatic heterocycles. The van der Waals surface area contributed by atoms with Crippen LogP contribution in [0.15, 0.2) is 24.3 Å². The quantitative estimate of drug-likeness (QED) is 0.736. The van der Waals surface area contributed by atoms with E-state index in [1.165, 1.54) is 31.2 Å². The summed E-state index contributed by atoms with van der Waals surface area (Å²) in [6, 6.07) is 8.31. The van der Waals surface area contributed by atoms with Crippen molar-refractivity contribution in [1.29, 1.82) is 0 Å². The highest BCUT2D eigenvalue weighted by atomic mass is 79.9. The van der Waals surface area contributed by atoms with E-state index >= 15 is 0 Å². The summed E-state index contributed by atoms with van der Waals surface area (Å²) in [6.07, 6.45) is 6.65. The monoisotopic (exact) mass is 282 g/mol. The first-order valence-electron chi connectivity index (χ1n) is 6.05. The number of halogens is 1. The zero-order valence-electron chi connectivity index (χ0n) is 9.79. The lowest BCUT2D eigenvalue weighted by molar-refractivity contribution is 0.294. The first kappa shape index (κ1) is 12.0. The molecule has 2 rings (SSSR count).